The van der Waals surface area contributed by atoms with Crippen LogP contribution in [0.4, 0.5) is 10.2 Å². The smallest absolute Gasteiger partial charge is 0.328 e. The van der Waals surface area contributed by atoms with Crippen molar-refractivity contribution in [3.05, 3.63) is 24.1 Å². The van der Waals surface area contributed by atoms with Crippen LogP contribution >= 0.6 is 0 Å². The van der Waals surface area contributed by atoms with Crippen molar-refractivity contribution < 1.29 is 13.9 Å². The maximum absolute atomic E-state index is 13.5. The number of rotatable bonds is 2. The number of carbonyl (C=O) groups excluding carboxylic acids is 1. The number of hydrogen-bond donors (Lipinski definition) is 0. The van der Waals surface area contributed by atoms with Crippen LogP contribution in [0.15, 0.2) is 18.3 Å². The van der Waals surface area contributed by atoms with Crippen LogP contribution in [0.2, 0.25) is 0 Å². The average molecular weight is 224 g/mol. The summed E-state index contributed by atoms with van der Waals surface area (Å²) in [6.07, 6.45) is 3.05. The number of aromatic nitrogens is 1. The zero-order chi connectivity index (χ0) is 11.5. The SMILES string of the molecule is COC(=O)C1CCCN1c1ncccc1F. The summed E-state index contributed by atoms with van der Waals surface area (Å²) >= 11 is 0. The summed E-state index contributed by atoms with van der Waals surface area (Å²) in [5.74, 6) is -0.503. The Kier molecular flexibility index (Phi) is 3.03. The van der Waals surface area contributed by atoms with Crippen LogP contribution in [0.1, 0.15) is 12.8 Å². The second-order valence-corrected chi connectivity index (χ2v) is 3.68. The van der Waals surface area contributed by atoms with Crippen LogP contribution in [-0.4, -0.2) is 30.6 Å². The molecule has 1 aliphatic rings. The van der Waals surface area contributed by atoms with Crippen LogP contribution in [0, 0.1) is 5.82 Å². The lowest BCUT2D eigenvalue weighted by Crippen LogP contribution is -2.37. The van der Waals surface area contributed by atoms with E-state index in [2.05, 4.69) is 4.98 Å². The first-order valence-corrected chi connectivity index (χ1v) is 5.19. The molecule has 2 heterocycles. The largest absolute Gasteiger partial charge is 0.467 e. The molecule has 0 spiro atoms. The number of anilines is 1. The van der Waals surface area contributed by atoms with Crippen LogP contribution in [0.25, 0.3) is 0 Å². The van der Waals surface area contributed by atoms with Crippen molar-refractivity contribution in [2.24, 2.45) is 0 Å². The lowest BCUT2D eigenvalue weighted by molar-refractivity contribution is -0.141. The van der Waals surface area contributed by atoms with Gasteiger partial charge in [0.2, 0.25) is 0 Å². The number of methoxy groups -OCH3 is 1. The van der Waals surface area contributed by atoms with E-state index in [9.17, 15) is 9.18 Å². The molecule has 4 nitrogen and oxygen atoms in total. The molecule has 0 N–H and O–H groups in total. The van der Waals surface area contributed by atoms with Crippen LogP contribution < -0.4 is 4.90 Å². The molecule has 0 radical (unpaired) electrons. The van der Waals surface area contributed by atoms with Gasteiger partial charge in [-0.2, -0.15) is 0 Å². The first-order valence-electron chi connectivity index (χ1n) is 5.19. The molecule has 1 unspecified atom stereocenters. The third-order valence-corrected chi connectivity index (χ3v) is 2.74. The molecule has 16 heavy (non-hydrogen) atoms. The minimum absolute atomic E-state index is 0.232. The molecule has 0 amide bonds. The topological polar surface area (TPSA) is 42.4 Å². The maximum Gasteiger partial charge on any atom is 0.328 e. The Labute approximate surface area is 93.0 Å². The average Bonchev–Trinajstić information content (AvgIpc) is 2.77. The second kappa shape index (κ2) is 4.47. The molecular formula is C11H13FN2O2. The number of carbonyl (C=O) groups is 1. The molecule has 86 valence electrons. The van der Waals surface area contributed by atoms with E-state index in [0.717, 1.165) is 6.42 Å². The summed E-state index contributed by atoms with van der Waals surface area (Å²) < 4.78 is 18.2. The van der Waals surface area contributed by atoms with Crippen molar-refractivity contribution in [3.8, 4) is 0 Å². The fraction of sp³-hybridized carbons (Fsp3) is 0.455. The van der Waals surface area contributed by atoms with Crippen molar-refractivity contribution >= 4 is 11.8 Å². The van der Waals surface area contributed by atoms with Gasteiger partial charge in [-0.05, 0) is 25.0 Å². The van der Waals surface area contributed by atoms with Gasteiger partial charge in [0, 0.05) is 12.7 Å². The fourth-order valence-electron chi connectivity index (χ4n) is 1.99. The number of hydrogen-bond acceptors (Lipinski definition) is 4. The Morgan fingerprint density at radius 2 is 2.50 bits per heavy atom. The van der Waals surface area contributed by atoms with Gasteiger partial charge in [0.25, 0.3) is 0 Å². The molecule has 1 atom stereocenters. The molecule has 1 fully saturated rings. The molecular weight excluding hydrogens is 211 g/mol. The number of nitrogens with zero attached hydrogens (tertiary/aromatic N) is 2. The van der Waals surface area contributed by atoms with Gasteiger partial charge in [0.05, 0.1) is 7.11 Å². The Balaban J connectivity index is 2.27. The molecule has 1 aliphatic heterocycles. The summed E-state index contributed by atoms with van der Waals surface area (Å²) in [6.45, 7) is 0.633. The molecule has 1 aromatic rings. The molecule has 1 aromatic heterocycles. The highest BCUT2D eigenvalue weighted by Crippen LogP contribution is 2.26. The highest BCUT2D eigenvalue weighted by molar-refractivity contribution is 5.80. The normalized spacial score (nSPS) is 19.9. The summed E-state index contributed by atoms with van der Waals surface area (Å²) in [7, 11) is 1.34. The monoisotopic (exact) mass is 224 g/mol. The van der Waals surface area contributed by atoms with Gasteiger partial charge in [0.1, 0.15) is 6.04 Å². The molecule has 0 bridgehead atoms. The Morgan fingerprint density at radius 1 is 1.69 bits per heavy atom. The Morgan fingerprint density at radius 3 is 3.19 bits per heavy atom. The highest BCUT2D eigenvalue weighted by Gasteiger charge is 2.33. The number of pyridine rings is 1. The van der Waals surface area contributed by atoms with Crippen molar-refractivity contribution in [3.63, 3.8) is 0 Å². The van der Waals surface area contributed by atoms with Crippen molar-refractivity contribution in [1.29, 1.82) is 0 Å². The number of esters is 1. The van der Waals surface area contributed by atoms with Crippen molar-refractivity contribution in [2.45, 2.75) is 18.9 Å². The van der Waals surface area contributed by atoms with E-state index in [1.165, 1.54) is 25.4 Å². The van der Waals surface area contributed by atoms with Gasteiger partial charge in [-0.25, -0.2) is 14.2 Å². The van der Waals surface area contributed by atoms with Gasteiger partial charge in [-0.3, -0.25) is 0 Å². The Hall–Kier alpha value is -1.65. The number of ether oxygens (including phenoxy) is 1. The molecule has 0 saturated carbocycles. The van der Waals surface area contributed by atoms with Crippen LogP contribution in [0.5, 0.6) is 0 Å². The first-order chi connectivity index (χ1) is 7.74. The lowest BCUT2D eigenvalue weighted by Gasteiger charge is -2.23. The van der Waals surface area contributed by atoms with E-state index in [1.807, 2.05) is 0 Å². The number of halogens is 1. The van der Waals surface area contributed by atoms with Gasteiger partial charge in [-0.15, -0.1) is 0 Å². The minimum atomic E-state index is -0.408. The van der Waals surface area contributed by atoms with Crippen molar-refractivity contribution in [2.75, 3.05) is 18.6 Å². The quantitative estimate of drug-likeness (QED) is 0.711. The highest BCUT2D eigenvalue weighted by atomic mass is 19.1. The van der Waals surface area contributed by atoms with Gasteiger partial charge in [0.15, 0.2) is 11.6 Å². The zero-order valence-electron chi connectivity index (χ0n) is 9.02. The second-order valence-electron chi connectivity index (χ2n) is 3.68. The van der Waals surface area contributed by atoms with Gasteiger partial charge < -0.3 is 9.64 Å². The van der Waals surface area contributed by atoms with E-state index >= 15 is 0 Å². The predicted octanol–water partition coefficient (Wildman–Crippen LogP) is 1.36. The third kappa shape index (κ3) is 1.85. The van der Waals surface area contributed by atoms with Gasteiger partial charge in [-0.1, -0.05) is 0 Å². The molecule has 0 aliphatic carbocycles. The van der Waals surface area contributed by atoms with E-state index in [-0.39, 0.29) is 11.8 Å². The fourth-order valence-corrected chi connectivity index (χ4v) is 1.99. The third-order valence-electron chi connectivity index (χ3n) is 2.74. The molecule has 2 rings (SSSR count). The summed E-state index contributed by atoms with van der Waals surface area (Å²) in [6, 6.07) is 2.46. The van der Waals surface area contributed by atoms with E-state index < -0.39 is 11.9 Å². The Bertz CT molecular complexity index is 397. The first kappa shape index (κ1) is 10.9. The molecule has 1 saturated heterocycles. The van der Waals surface area contributed by atoms with Crippen LogP contribution in [-0.2, 0) is 9.53 Å². The summed E-state index contributed by atoms with van der Waals surface area (Å²) in [4.78, 5) is 17.1. The maximum atomic E-state index is 13.5. The zero-order valence-corrected chi connectivity index (χ0v) is 9.02. The minimum Gasteiger partial charge on any atom is -0.467 e. The predicted molar refractivity (Wildman–Crippen MR) is 56.6 cm³/mol. The summed E-state index contributed by atoms with van der Waals surface area (Å²) in [5, 5.41) is 0. The molecule has 5 heteroatoms. The van der Waals surface area contributed by atoms with Gasteiger partial charge >= 0.3 is 5.97 Å². The lowest BCUT2D eigenvalue weighted by atomic mass is 10.2. The van der Waals surface area contributed by atoms with E-state index in [1.54, 1.807) is 4.90 Å². The summed E-state index contributed by atoms with van der Waals surface area (Å²) in [5.41, 5.74) is 0. The standard InChI is InChI=1S/C11H13FN2O2/c1-16-11(15)9-5-3-7-14(9)10-8(12)4-2-6-13-10/h2,4,6,9H,3,5,7H2,1H3. The van der Waals surface area contributed by atoms with Crippen LogP contribution in [0.3, 0.4) is 0 Å². The van der Waals surface area contributed by atoms with E-state index in [4.69, 9.17) is 4.74 Å². The van der Waals surface area contributed by atoms with Crippen molar-refractivity contribution in [1.82, 2.24) is 4.98 Å². The molecule has 0 aromatic carbocycles. The van der Waals surface area contributed by atoms with E-state index in [0.29, 0.717) is 13.0 Å².